The molecule has 0 aromatic heterocycles. The van der Waals surface area contributed by atoms with E-state index in [0.717, 1.165) is 18.5 Å². The second-order valence-electron chi connectivity index (χ2n) is 6.58. The molecule has 2 amide bonds. The number of benzene rings is 1. The lowest BCUT2D eigenvalue weighted by Crippen LogP contribution is -2.49. The van der Waals surface area contributed by atoms with Crippen molar-refractivity contribution >= 4 is 23.6 Å². The molecule has 2 heterocycles. The molecule has 2 aliphatic rings. The van der Waals surface area contributed by atoms with Gasteiger partial charge in [0.25, 0.3) is 0 Å². The molecule has 0 radical (unpaired) electrons. The second-order valence-corrected chi connectivity index (χ2v) is 6.58. The van der Waals surface area contributed by atoms with Crippen LogP contribution in [-0.4, -0.2) is 61.4 Å². The second kappa shape index (κ2) is 7.07. The minimum Gasteiger partial charge on any atom is -0.374 e. The van der Waals surface area contributed by atoms with Crippen molar-refractivity contribution in [3.8, 4) is 0 Å². The summed E-state index contributed by atoms with van der Waals surface area (Å²) >= 11 is 0. The van der Waals surface area contributed by atoms with Gasteiger partial charge in [0.2, 0.25) is 11.8 Å². The molecular weight excluding hydrogens is 302 g/mol. The molecule has 24 heavy (non-hydrogen) atoms. The quantitative estimate of drug-likeness (QED) is 0.778. The molecule has 0 unspecified atom stereocenters. The monoisotopic (exact) mass is 327 g/mol. The number of fused-ring (bicyclic) bond motifs is 1. The molecule has 128 valence electrons. The Balaban J connectivity index is 1.62. The van der Waals surface area contributed by atoms with E-state index in [-0.39, 0.29) is 11.8 Å². The summed E-state index contributed by atoms with van der Waals surface area (Å²) in [7, 11) is 2.12. The number of rotatable bonds is 2. The molecule has 0 spiro atoms. The fraction of sp³-hybridized carbons (Fsp3) is 0.474. The van der Waals surface area contributed by atoms with E-state index >= 15 is 0 Å². The highest BCUT2D eigenvalue weighted by molar-refractivity contribution is 5.92. The predicted octanol–water partition coefficient (Wildman–Crippen LogP) is 1.77. The van der Waals surface area contributed by atoms with E-state index in [1.807, 2.05) is 11.0 Å². The molecule has 0 bridgehead atoms. The number of anilines is 1. The van der Waals surface area contributed by atoms with Crippen LogP contribution in [0.1, 0.15) is 24.5 Å². The molecule has 1 saturated heterocycles. The normalized spacial score (nSPS) is 18.0. The Morgan fingerprint density at radius 1 is 1.04 bits per heavy atom. The summed E-state index contributed by atoms with van der Waals surface area (Å²) in [6, 6.07) is 6.39. The Kier molecular flexibility index (Phi) is 4.88. The largest absolute Gasteiger partial charge is 0.374 e. The lowest BCUT2D eigenvalue weighted by Gasteiger charge is -2.33. The Morgan fingerprint density at radius 3 is 2.46 bits per heavy atom. The summed E-state index contributed by atoms with van der Waals surface area (Å²) in [5.41, 5.74) is 3.72. The average molecular weight is 327 g/mol. The summed E-state index contributed by atoms with van der Waals surface area (Å²) in [5.74, 6) is 0.102. The van der Waals surface area contributed by atoms with E-state index in [1.54, 1.807) is 17.9 Å². The van der Waals surface area contributed by atoms with E-state index < -0.39 is 0 Å². The van der Waals surface area contributed by atoms with Crippen LogP contribution in [0, 0.1) is 0 Å². The van der Waals surface area contributed by atoms with Gasteiger partial charge in [-0.15, -0.1) is 0 Å². The third-order valence-electron chi connectivity index (χ3n) is 4.91. The minimum atomic E-state index is 0.0213. The van der Waals surface area contributed by atoms with Gasteiger partial charge in [0.15, 0.2) is 0 Å². The summed E-state index contributed by atoms with van der Waals surface area (Å²) in [6.07, 6.45) is 5.82. The Hall–Kier alpha value is -2.30. The maximum atomic E-state index is 12.3. The first-order valence-corrected chi connectivity index (χ1v) is 8.61. The van der Waals surface area contributed by atoms with Crippen molar-refractivity contribution in [1.82, 2.24) is 9.80 Å². The van der Waals surface area contributed by atoms with Gasteiger partial charge in [0.1, 0.15) is 0 Å². The lowest BCUT2D eigenvalue weighted by molar-refractivity contribution is -0.135. The molecule has 1 fully saturated rings. The van der Waals surface area contributed by atoms with Crippen LogP contribution in [0.4, 0.5) is 5.69 Å². The van der Waals surface area contributed by atoms with E-state index in [1.165, 1.54) is 17.7 Å². The van der Waals surface area contributed by atoms with Gasteiger partial charge in [-0.05, 0) is 42.2 Å². The molecule has 5 heteroatoms. The van der Waals surface area contributed by atoms with Crippen LogP contribution in [0.15, 0.2) is 24.3 Å². The maximum absolute atomic E-state index is 12.3. The minimum absolute atomic E-state index is 0.0213. The zero-order chi connectivity index (χ0) is 17.1. The number of piperazine rings is 1. The van der Waals surface area contributed by atoms with Gasteiger partial charge in [0.05, 0.1) is 0 Å². The van der Waals surface area contributed by atoms with E-state index in [9.17, 15) is 9.59 Å². The van der Waals surface area contributed by atoms with Crippen LogP contribution < -0.4 is 4.90 Å². The van der Waals surface area contributed by atoms with E-state index in [4.69, 9.17) is 0 Å². The number of carbonyl (C=O) groups excluding carboxylic acids is 2. The number of hydrogen-bond acceptors (Lipinski definition) is 3. The topological polar surface area (TPSA) is 43.9 Å². The Labute approximate surface area is 143 Å². The van der Waals surface area contributed by atoms with Crippen molar-refractivity contribution in [2.45, 2.75) is 19.8 Å². The Morgan fingerprint density at radius 2 is 1.75 bits per heavy atom. The highest BCUT2D eigenvalue weighted by Crippen LogP contribution is 2.27. The molecule has 0 aliphatic carbocycles. The van der Waals surface area contributed by atoms with Crippen molar-refractivity contribution < 1.29 is 9.59 Å². The van der Waals surface area contributed by atoms with Crippen LogP contribution in [0.25, 0.3) is 6.08 Å². The van der Waals surface area contributed by atoms with E-state index in [2.05, 4.69) is 30.1 Å². The first-order chi connectivity index (χ1) is 11.5. The molecular formula is C19H25N3O2. The van der Waals surface area contributed by atoms with Crippen molar-refractivity contribution in [3.05, 3.63) is 35.4 Å². The van der Waals surface area contributed by atoms with Crippen LogP contribution in [0.5, 0.6) is 0 Å². The first kappa shape index (κ1) is 16.6. The summed E-state index contributed by atoms with van der Waals surface area (Å²) in [6.45, 7) is 5.15. The zero-order valence-electron chi connectivity index (χ0n) is 14.5. The number of hydrogen-bond donors (Lipinski definition) is 0. The third-order valence-corrected chi connectivity index (χ3v) is 4.91. The molecule has 3 rings (SSSR count). The lowest BCUT2D eigenvalue weighted by atomic mass is 9.99. The van der Waals surface area contributed by atoms with Crippen LogP contribution >= 0.6 is 0 Å². The van der Waals surface area contributed by atoms with E-state index in [0.29, 0.717) is 26.2 Å². The highest BCUT2D eigenvalue weighted by Gasteiger charge is 2.20. The number of carbonyl (C=O) groups is 2. The van der Waals surface area contributed by atoms with Crippen molar-refractivity contribution in [2.24, 2.45) is 0 Å². The molecule has 1 aromatic rings. The average Bonchev–Trinajstić information content (AvgIpc) is 2.60. The summed E-state index contributed by atoms with van der Waals surface area (Å²) < 4.78 is 0. The van der Waals surface area contributed by atoms with Gasteiger partial charge in [-0.3, -0.25) is 9.59 Å². The predicted molar refractivity (Wildman–Crippen MR) is 95.9 cm³/mol. The van der Waals surface area contributed by atoms with Crippen LogP contribution in [-0.2, 0) is 16.0 Å². The van der Waals surface area contributed by atoms with Crippen molar-refractivity contribution in [2.75, 3.05) is 44.7 Å². The fourth-order valence-corrected chi connectivity index (χ4v) is 3.42. The molecule has 0 atom stereocenters. The van der Waals surface area contributed by atoms with Crippen LogP contribution in [0.2, 0.25) is 0 Å². The number of nitrogens with zero attached hydrogens (tertiary/aromatic N) is 3. The van der Waals surface area contributed by atoms with Gasteiger partial charge in [-0.1, -0.05) is 6.07 Å². The zero-order valence-corrected chi connectivity index (χ0v) is 14.5. The standard InChI is InChI=1S/C19H25N3O2/c1-15(23)21-10-12-22(13-11-21)19(24)8-6-16-5-7-18-17(14-16)4-3-9-20(18)2/h5-8,14H,3-4,9-13H2,1-2H3/b8-6-. The molecule has 0 saturated carbocycles. The van der Waals surface area contributed by atoms with Crippen LogP contribution in [0.3, 0.4) is 0 Å². The van der Waals surface area contributed by atoms with Gasteiger partial charge < -0.3 is 14.7 Å². The van der Waals surface area contributed by atoms with Gasteiger partial charge >= 0.3 is 0 Å². The number of aryl methyl sites for hydroxylation is 1. The number of amides is 2. The summed E-state index contributed by atoms with van der Waals surface area (Å²) in [5, 5.41) is 0. The van der Waals surface area contributed by atoms with Crippen molar-refractivity contribution in [1.29, 1.82) is 0 Å². The maximum Gasteiger partial charge on any atom is 0.246 e. The molecule has 0 N–H and O–H groups in total. The van der Waals surface area contributed by atoms with Gasteiger partial charge in [0, 0.05) is 58.5 Å². The highest BCUT2D eigenvalue weighted by atomic mass is 16.2. The fourth-order valence-electron chi connectivity index (χ4n) is 3.42. The summed E-state index contributed by atoms with van der Waals surface area (Å²) in [4.78, 5) is 29.5. The van der Waals surface area contributed by atoms with Gasteiger partial charge in [-0.25, -0.2) is 0 Å². The first-order valence-electron chi connectivity index (χ1n) is 8.61. The molecule has 5 nitrogen and oxygen atoms in total. The van der Waals surface area contributed by atoms with Crippen molar-refractivity contribution in [3.63, 3.8) is 0 Å². The smallest absolute Gasteiger partial charge is 0.246 e. The molecule has 2 aliphatic heterocycles. The Bertz CT molecular complexity index is 661. The SMILES string of the molecule is CC(=O)N1CCN(C(=O)/C=C\c2ccc3c(c2)CCCN3C)CC1. The third kappa shape index (κ3) is 3.61. The molecule has 1 aromatic carbocycles. The van der Waals surface area contributed by atoms with Gasteiger partial charge in [-0.2, -0.15) is 0 Å².